The third kappa shape index (κ3) is 4.81. The summed E-state index contributed by atoms with van der Waals surface area (Å²) in [5.74, 6) is -1.05. The first kappa shape index (κ1) is 18.8. The van der Waals surface area contributed by atoms with E-state index in [1.165, 1.54) is 5.01 Å². The highest BCUT2D eigenvalue weighted by Crippen LogP contribution is 2.34. The summed E-state index contributed by atoms with van der Waals surface area (Å²) in [4.78, 5) is 23.7. The molecule has 0 unspecified atom stereocenters. The zero-order valence-electron chi connectivity index (χ0n) is 13.9. The Labute approximate surface area is 165 Å². The highest BCUT2D eigenvalue weighted by Gasteiger charge is 2.32. The largest absolute Gasteiger partial charge is 0.481 e. The lowest BCUT2D eigenvalue weighted by atomic mass is 10.2. The standard InChI is InChI=1S/C19H14N2O4S2/c22-17(23)12-25-15-9-5-4-8-14(15)10-16-18(24)21(19(26)27-16)20-11-13-6-2-1-3-7-13/h1-11H,12H2,(H,22,23)/b16-10-,20-11-. The van der Waals surface area contributed by atoms with Crippen molar-refractivity contribution in [2.75, 3.05) is 6.61 Å². The van der Waals surface area contributed by atoms with Crippen LogP contribution in [0.2, 0.25) is 0 Å². The van der Waals surface area contributed by atoms with Crippen LogP contribution in [0, 0.1) is 0 Å². The maximum Gasteiger partial charge on any atom is 0.341 e. The van der Waals surface area contributed by atoms with Gasteiger partial charge >= 0.3 is 5.97 Å². The molecule has 1 aliphatic rings. The van der Waals surface area contributed by atoms with Gasteiger partial charge < -0.3 is 9.84 Å². The molecule has 0 bridgehead atoms. The van der Waals surface area contributed by atoms with Crippen molar-refractivity contribution >= 4 is 52.5 Å². The van der Waals surface area contributed by atoms with E-state index in [1.807, 2.05) is 30.3 Å². The second-order valence-electron chi connectivity index (χ2n) is 5.37. The molecule has 0 spiro atoms. The van der Waals surface area contributed by atoms with E-state index in [0.717, 1.165) is 17.3 Å². The van der Waals surface area contributed by atoms with Crippen LogP contribution in [0.4, 0.5) is 0 Å². The number of benzene rings is 2. The maximum absolute atomic E-state index is 12.6. The van der Waals surface area contributed by atoms with Crippen molar-refractivity contribution in [3.63, 3.8) is 0 Å². The summed E-state index contributed by atoms with van der Waals surface area (Å²) in [6, 6.07) is 16.3. The highest BCUT2D eigenvalue weighted by molar-refractivity contribution is 8.26. The first-order valence-corrected chi connectivity index (χ1v) is 9.07. The lowest BCUT2D eigenvalue weighted by molar-refractivity contribution is -0.139. The Morgan fingerprint density at radius 2 is 1.89 bits per heavy atom. The topological polar surface area (TPSA) is 79.2 Å². The number of aliphatic carboxylic acids is 1. The molecular weight excluding hydrogens is 384 g/mol. The fraction of sp³-hybridized carbons (Fsp3) is 0.0526. The van der Waals surface area contributed by atoms with Gasteiger partial charge in [-0.05, 0) is 29.9 Å². The van der Waals surface area contributed by atoms with Crippen molar-refractivity contribution in [2.24, 2.45) is 5.10 Å². The van der Waals surface area contributed by atoms with Crippen LogP contribution in [0.3, 0.4) is 0 Å². The molecule has 1 amide bonds. The lowest BCUT2D eigenvalue weighted by Gasteiger charge is -2.07. The van der Waals surface area contributed by atoms with Crippen LogP contribution in [-0.2, 0) is 9.59 Å². The number of carbonyl (C=O) groups excluding carboxylic acids is 1. The van der Waals surface area contributed by atoms with E-state index in [2.05, 4.69) is 5.10 Å². The van der Waals surface area contributed by atoms with Crippen molar-refractivity contribution < 1.29 is 19.4 Å². The Morgan fingerprint density at radius 3 is 2.63 bits per heavy atom. The quantitative estimate of drug-likeness (QED) is 0.457. The van der Waals surface area contributed by atoms with E-state index >= 15 is 0 Å². The smallest absolute Gasteiger partial charge is 0.341 e. The molecule has 6 nitrogen and oxygen atoms in total. The monoisotopic (exact) mass is 398 g/mol. The van der Waals surface area contributed by atoms with Crippen LogP contribution in [0.1, 0.15) is 11.1 Å². The predicted molar refractivity (Wildman–Crippen MR) is 109 cm³/mol. The summed E-state index contributed by atoms with van der Waals surface area (Å²) in [6.45, 7) is -0.465. The predicted octanol–water partition coefficient (Wildman–Crippen LogP) is 3.39. The van der Waals surface area contributed by atoms with Gasteiger partial charge in [-0.3, -0.25) is 4.79 Å². The number of hydrazone groups is 1. The zero-order chi connectivity index (χ0) is 19.2. The van der Waals surface area contributed by atoms with Crippen molar-refractivity contribution in [3.8, 4) is 5.75 Å². The summed E-state index contributed by atoms with van der Waals surface area (Å²) >= 11 is 6.38. The molecule has 0 atom stereocenters. The molecule has 1 aliphatic heterocycles. The molecular formula is C19H14N2O4S2. The number of carboxylic acid groups (broad SMARTS) is 1. The normalized spacial score (nSPS) is 15.7. The summed E-state index contributed by atoms with van der Waals surface area (Å²) in [6.07, 6.45) is 3.19. The molecule has 0 saturated carbocycles. The van der Waals surface area contributed by atoms with Crippen molar-refractivity contribution in [2.45, 2.75) is 0 Å². The molecule has 1 fully saturated rings. The van der Waals surface area contributed by atoms with Gasteiger partial charge in [-0.1, -0.05) is 60.3 Å². The summed E-state index contributed by atoms with van der Waals surface area (Å²) in [5, 5.41) is 14.1. The SMILES string of the molecule is O=C(O)COc1ccccc1/C=C1\SC(=S)N(/N=C\c2ccccc2)C1=O. The van der Waals surface area contributed by atoms with Gasteiger partial charge in [0.1, 0.15) is 5.75 Å². The number of thioether (sulfide) groups is 1. The van der Waals surface area contributed by atoms with Crippen molar-refractivity contribution in [3.05, 3.63) is 70.6 Å². The van der Waals surface area contributed by atoms with Gasteiger partial charge in [0.05, 0.1) is 11.1 Å². The maximum atomic E-state index is 12.6. The minimum atomic E-state index is -1.08. The van der Waals surface area contributed by atoms with Crippen LogP contribution < -0.4 is 4.74 Å². The molecule has 2 aromatic carbocycles. The number of ether oxygens (including phenoxy) is 1. The fourth-order valence-electron chi connectivity index (χ4n) is 2.23. The number of para-hydroxylation sites is 1. The van der Waals surface area contributed by atoms with Crippen molar-refractivity contribution in [1.29, 1.82) is 0 Å². The first-order chi connectivity index (χ1) is 13.0. The molecule has 8 heteroatoms. The summed E-state index contributed by atoms with van der Waals surface area (Å²) in [7, 11) is 0. The second kappa shape index (κ2) is 8.61. The van der Waals surface area contributed by atoms with E-state index < -0.39 is 12.6 Å². The van der Waals surface area contributed by atoms with Crippen LogP contribution >= 0.6 is 24.0 Å². The van der Waals surface area contributed by atoms with E-state index in [1.54, 1.807) is 36.6 Å². The van der Waals surface area contributed by atoms with Gasteiger partial charge in [-0.25, -0.2) is 4.79 Å². The molecule has 1 saturated heterocycles. The Morgan fingerprint density at radius 1 is 1.19 bits per heavy atom. The third-order valence-corrected chi connectivity index (χ3v) is 4.73. The fourth-order valence-corrected chi connectivity index (χ4v) is 3.40. The molecule has 136 valence electrons. The average Bonchev–Trinajstić information content (AvgIpc) is 2.93. The number of amides is 1. The Balaban J connectivity index is 1.80. The molecule has 0 aromatic heterocycles. The molecule has 1 heterocycles. The second-order valence-corrected chi connectivity index (χ2v) is 7.04. The third-order valence-electron chi connectivity index (χ3n) is 3.45. The summed E-state index contributed by atoms with van der Waals surface area (Å²) in [5.41, 5.74) is 1.44. The van der Waals surface area contributed by atoms with Crippen LogP contribution in [0.15, 0.2) is 64.6 Å². The minimum absolute atomic E-state index is 0.322. The van der Waals surface area contributed by atoms with Crippen LogP contribution in [0.25, 0.3) is 6.08 Å². The number of hydrogen-bond acceptors (Lipinski definition) is 6. The van der Waals surface area contributed by atoms with E-state index in [4.69, 9.17) is 22.1 Å². The van der Waals surface area contributed by atoms with E-state index in [9.17, 15) is 9.59 Å². The van der Waals surface area contributed by atoms with Crippen LogP contribution in [-0.4, -0.2) is 39.1 Å². The van der Waals surface area contributed by atoms with Gasteiger partial charge in [0, 0.05) is 5.56 Å². The first-order valence-electron chi connectivity index (χ1n) is 7.85. The zero-order valence-corrected chi connectivity index (χ0v) is 15.6. The molecule has 1 N–H and O–H groups in total. The number of rotatable bonds is 6. The number of carboxylic acids is 1. The number of hydrogen-bond donors (Lipinski definition) is 1. The number of thiocarbonyl (C=S) groups is 1. The highest BCUT2D eigenvalue weighted by atomic mass is 32.2. The molecule has 27 heavy (non-hydrogen) atoms. The number of carbonyl (C=O) groups is 2. The average molecular weight is 398 g/mol. The number of nitrogens with zero attached hydrogens (tertiary/aromatic N) is 2. The van der Waals surface area contributed by atoms with Gasteiger partial charge in [0.15, 0.2) is 10.9 Å². The molecule has 0 aliphatic carbocycles. The van der Waals surface area contributed by atoms with Gasteiger partial charge in [-0.2, -0.15) is 10.1 Å². The van der Waals surface area contributed by atoms with Gasteiger partial charge in [-0.15, -0.1) is 0 Å². The Bertz CT molecular complexity index is 942. The molecule has 0 radical (unpaired) electrons. The lowest BCUT2D eigenvalue weighted by Crippen LogP contribution is -2.22. The molecule has 3 rings (SSSR count). The minimum Gasteiger partial charge on any atom is -0.481 e. The van der Waals surface area contributed by atoms with Crippen molar-refractivity contribution in [1.82, 2.24) is 5.01 Å². The van der Waals surface area contributed by atoms with Gasteiger partial charge in [0.2, 0.25) is 0 Å². The van der Waals surface area contributed by atoms with Crippen LogP contribution in [0.5, 0.6) is 5.75 Å². The Hall–Kier alpha value is -2.97. The van der Waals surface area contributed by atoms with E-state index in [-0.39, 0.29) is 5.91 Å². The van der Waals surface area contributed by atoms with E-state index in [0.29, 0.717) is 20.5 Å². The molecule has 2 aromatic rings. The summed E-state index contributed by atoms with van der Waals surface area (Å²) < 4.78 is 5.58. The van der Waals surface area contributed by atoms with Gasteiger partial charge in [0.25, 0.3) is 5.91 Å². The Kier molecular flexibility index (Phi) is 6.00.